The van der Waals surface area contributed by atoms with Gasteiger partial charge >= 0.3 is 0 Å². The number of hydrogen-bond acceptors (Lipinski definition) is 5. The van der Waals surface area contributed by atoms with E-state index in [2.05, 4.69) is 10.4 Å². The Hall–Kier alpha value is -3.13. The molecule has 0 aliphatic carbocycles. The minimum absolute atomic E-state index is 0.153. The topological polar surface area (TPSA) is 82.5 Å². The van der Waals surface area contributed by atoms with Crippen molar-refractivity contribution in [3.05, 3.63) is 64.8 Å². The standard InChI is InChI=1S/C20H17N3O4S/c1-12-4-2-3-5-16(12)23-19(14-9-28(25)10-15(14)22-23)21-20(24)13-6-7-17-18(8-13)27-11-26-17/h2-8H,9-11H2,1H3,(H,21,24). The second-order valence-electron chi connectivity index (χ2n) is 6.72. The van der Waals surface area contributed by atoms with Crippen molar-refractivity contribution in [3.63, 3.8) is 0 Å². The van der Waals surface area contributed by atoms with Gasteiger partial charge in [0.05, 0.1) is 22.9 Å². The molecule has 0 saturated carbocycles. The van der Waals surface area contributed by atoms with Crippen LogP contribution in [-0.2, 0) is 22.3 Å². The maximum absolute atomic E-state index is 12.9. The van der Waals surface area contributed by atoms with E-state index >= 15 is 0 Å². The van der Waals surface area contributed by atoms with Crippen LogP contribution in [0.15, 0.2) is 42.5 Å². The number of para-hydroxylation sites is 1. The van der Waals surface area contributed by atoms with Gasteiger partial charge in [0, 0.05) is 21.9 Å². The molecular formula is C20H17N3O4S. The number of nitrogens with zero attached hydrogens (tertiary/aromatic N) is 2. The van der Waals surface area contributed by atoms with Crippen molar-refractivity contribution in [1.82, 2.24) is 9.78 Å². The van der Waals surface area contributed by atoms with Crippen LogP contribution in [0, 0.1) is 6.92 Å². The molecule has 1 aromatic heterocycles. The van der Waals surface area contributed by atoms with E-state index in [1.807, 2.05) is 31.2 Å². The Kier molecular flexibility index (Phi) is 3.94. The van der Waals surface area contributed by atoms with Gasteiger partial charge in [0.1, 0.15) is 5.82 Å². The van der Waals surface area contributed by atoms with E-state index in [-0.39, 0.29) is 12.7 Å². The Morgan fingerprint density at radius 1 is 1.14 bits per heavy atom. The molecule has 8 heteroatoms. The molecule has 3 heterocycles. The Morgan fingerprint density at radius 2 is 1.96 bits per heavy atom. The lowest BCUT2D eigenvalue weighted by Gasteiger charge is -2.13. The summed E-state index contributed by atoms with van der Waals surface area (Å²) in [5.74, 6) is 2.24. The van der Waals surface area contributed by atoms with Gasteiger partial charge in [0.2, 0.25) is 6.79 Å². The summed E-state index contributed by atoms with van der Waals surface area (Å²) in [6, 6.07) is 12.9. The number of aryl methyl sites for hydroxylation is 1. The Labute approximate surface area is 163 Å². The Balaban J connectivity index is 1.55. The quantitative estimate of drug-likeness (QED) is 0.737. The summed E-state index contributed by atoms with van der Waals surface area (Å²) >= 11 is 0. The van der Waals surface area contributed by atoms with Crippen LogP contribution in [0.25, 0.3) is 5.69 Å². The summed E-state index contributed by atoms with van der Waals surface area (Å²) in [6.07, 6.45) is 0. The summed E-state index contributed by atoms with van der Waals surface area (Å²) in [4.78, 5) is 12.9. The molecule has 2 aromatic carbocycles. The highest BCUT2D eigenvalue weighted by Gasteiger charge is 2.29. The highest BCUT2D eigenvalue weighted by Crippen LogP contribution is 2.34. The number of carbonyl (C=O) groups excluding carboxylic acids is 1. The average molecular weight is 395 g/mol. The van der Waals surface area contributed by atoms with Gasteiger partial charge in [-0.25, -0.2) is 4.68 Å². The van der Waals surface area contributed by atoms with Crippen molar-refractivity contribution in [1.29, 1.82) is 0 Å². The van der Waals surface area contributed by atoms with E-state index in [0.29, 0.717) is 34.4 Å². The van der Waals surface area contributed by atoms with Gasteiger partial charge in [-0.1, -0.05) is 18.2 Å². The molecule has 7 nitrogen and oxygen atoms in total. The lowest BCUT2D eigenvalue weighted by Crippen LogP contribution is -2.17. The number of benzene rings is 2. The zero-order valence-corrected chi connectivity index (χ0v) is 15.9. The fourth-order valence-electron chi connectivity index (χ4n) is 3.45. The molecular weight excluding hydrogens is 378 g/mol. The molecule has 0 spiro atoms. The third-order valence-corrected chi connectivity index (χ3v) is 6.09. The monoisotopic (exact) mass is 395 g/mol. The van der Waals surface area contributed by atoms with Crippen molar-refractivity contribution in [3.8, 4) is 17.2 Å². The van der Waals surface area contributed by atoms with Crippen LogP contribution < -0.4 is 14.8 Å². The molecule has 5 rings (SSSR count). The predicted octanol–water partition coefficient (Wildman–Crippen LogP) is 2.92. The number of carbonyl (C=O) groups is 1. The normalized spacial score (nSPS) is 16.8. The fraction of sp³-hybridized carbons (Fsp3) is 0.200. The third-order valence-electron chi connectivity index (χ3n) is 4.88. The maximum atomic E-state index is 12.9. The first-order chi connectivity index (χ1) is 13.6. The molecule has 0 radical (unpaired) electrons. The Morgan fingerprint density at radius 3 is 2.82 bits per heavy atom. The largest absolute Gasteiger partial charge is 0.454 e. The average Bonchev–Trinajstić information content (AvgIpc) is 3.37. The molecule has 2 aliphatic rings. The van der Waals surface area contributed by atoms with Crippen molar-refractivity contribution in [2.45, 2.75) is 18.4 Å². The summed E-state index contributed by atoms with van der Waals surface area (Å²) < 4.78 is 24.4. The van der Waals surface area contributed by atoms with E-state index in [1.165, 1.54) is 0 Å². The number of amides is 1. The van der Waals surface area contributed by atoms with E-state index in [9.17, 15) is 9.00 Å². The summed E-state index contributed by atoms with van der Waals surface area (Å²) in [5, 5.41) is 7.62. The van der Waals surface area contributed by atoms with E-state index < -0.39 is 10.8 Å². The number of fused-ring (bicyclic) bond motifs is 2. The lowest BCUT2D eigenvalue weighted by atomic mass is 10.1. The second-order valence-corrected chi connectivity index (χ2v) is 8.18. The maximum Gasteiger partial charge on any atom is 0.256 e. The van der Waals surface area contributed by atoms with Crippen molar-refractivity contribution in [2.75, 3.05) is 12.1 Å². The lowest BCUT2D eigenvalue weighted by molar-refractivity contribution is 0.102. The molecule has 142 valence electrons. The van der Waals surface area contributed by atoms with Gasteiger partial charge in [-0.15, -0.1) is 0 Å². The zero-order valence-electron chi connectivity index (χ0n) is 15.1. The van der Waals surface area contributed by atoms with Gasteiger partial charge in [0.15, 0.2) is 11.5 Å². The molecule has 1 atom stereocenters. The van der Waals surface area contributed by atoms with Crippen molar-refractivity contribution < 1.29 is 18.5 Å². The number of rotatable bonds is 3. The first kappa shape index (κ1) is 17.0. The van der Waals surface area contributed by atoms with Gasteiger partial charge < -0.3 is 14.8 Å². The molecule has 0 saturated heterocycles. The van der Waals surface area contributed by atoms with Crippen LogP contribution in [0.5, 0.6) is 11.5 Å². The first-order valence-corrected chi connectivity index (χ1v) is 10.3. The highest BCUT2D eigenvalue weighted by molar-refractivity contribution is 7.83. The zero-order chi connectivity index (χ0) is 19.3. The highest BCUT2D eigenvalue weighted by atomic mass is 32.2. The predicted molar refractivity (Wildman–Crippen MR) is 104 cm³/mol. The van der Waals surface area contributed by atoms with Crippen molar-refractivity contribution >= 4 is 22.5 Å². The van der Waals surface area contributed by atoms with Gasteiger partial charge in [-0.05, 0) is 36.8 Å². The number of anilines is 1. The van der Waals surface area contributed by atoms with E-state index in [0.717, 1.165) is 22.5 Å². The van der Waals surface area contributed by atoms with Crippen LogP contribution >= 0.6 is 0 Å². The summed E-state index contributed by atoms with van der Waals surface area (Å²) in [7, 11) is -0.991. The molecule has 0 fully saturated rings. The molecule has 28 heavy (non-hydrogen) atoms. The van der Waals surface area contributed by atoms with E-state index in [4.69, 9.17) is 9.47 Å². The van der Waals surface area contributed by atoms with Crippen LogP contribution in [0.2, 0.25) is 0 Å². The Bertz CT molecular complexity index is 1140. The third kappa shape index (κ3) is 2.77. The molecule has 1 N–H and O–H groups in total. The minimum Gasteiger partial charge on any atom is -0.454 e. The molecule has 1 amide bonds. The number of ether oxygens (including phenoxy) is 2. The molecule has 0 bridgehead atoms. The smallest absolute Gasteiger partial charge is 0.256 e. The summed E-state index contributed by atoms with van der Waals surface area (Å²) in [6.45, 7) is 2.14. The molecule has 3 aromatic rings. The number of aromatic nitrogens is 2. The van der Waals surface area contributed by atoms with Crippen molar-refractivity contribution in [2.24, 2.45) is 0 Å². The van der Waals surface area contributed by atoms with Crippen LogP contribution in [0.1, 0.15) is 27.2 Å². The number of hydrogen-bond donors (Lipinski definition) is 1. The first-order valence-electron chi connectivity index (χ1n) is 8.83. The van der Waals surface area contributed by atoms with E-state index in [1.54, 1.807) is 22.9 Å². The summed E-state index contributed by atoms with van der Waals surface area (Å²) in [5.41, 5.74) is 3.96. The number of nitrogens with one attached hydrogen (secondary N) is 1. The van der Waals surface area contributed by atoms with Crippen LogP contribution in [-0.4, -0.2) is 26.7 Å². The van der Waals surface area contributed by atoms with Crippen LogP contribution in [0.3, 0.4) is 0 Å². The van der Waals surface area contributed by atoms with Gasteiger partial charge in [-0.3, -0.25) is 9.00 Å². The fourth-order valence-corrected chi connectivity index (χ4v) is 4.71. The minimum atomic E-state index is -0.991. The molecule has 1 unspecified atom stereocenters. The van der Waals surface area contributed by atoms with Gasteiger partial charge in [-0.2, -0.15) is 5.10 Å². The van der Waals surface area contributed by atoms with Gasteiger partial charge in [0.25, 0.3) is 5.91 Å². The SMILES string of the molecule is Cc1ccccc1-n1nc2c(c1NC(=O)c1ccc3c(c1)OCO3)CS(=O)C2. The van der Waals surface area contributed by atoms with Crippen LogP contribution in [0.4, 0.5) is 5.82 Å². The second kappa shape index (κ2) is 6.49. The molecule has 2 aliphatic heterocycles.